The monoisotopic (exact) mass is 234 g/mol. The topological polar surface area (TPSA) is 90.2 Å². The number of ether oxygens (including phenoxy) is 1. The molecule has 1 aliphatic heterocycles. The van der Waals surface area contributed by atoms with Crippen molar-refractivity contribution in [1.82, 2.24) is 0 Å². The van der Waals surface area contributed by atoms with E-state index in [0.29, 0.717) is 0 Å². The van der Waals surface area contributed by atoms with Crippen molar-refractivity contribution in [3.8, 4) is 0 Å². The molecule has 1 aliphatic rings. The second-order valence-electron chi connectivity index (χ2n) is 5.50. The largest absolute Gasteiger partial charge is 0.393 e. The highest BCUT2D eigenvalue weighted by molar-refractivity contribution is 5.12. The first-order chi connectivity index (χ1) is 6.92. The van der Waals surface area contributed by atoms with E-state index < -0.39 is 28.5 Å². The molecule has 5 nitrogen and oxygen atoms in total. The molecule has 2 unspecified atom stereocenters. The zero-order valence-corrected chi connectivity index (χ0v) is 10.5. The molecule has 96 valence electrons. The van der Waals surface area contributed by atoms with E-state index in [1.165, 1.54) is 20.8 Å². The summed E-state index contributed by atoms with van der Waals surface area (Å²) in [6.45, 7) is 6.94. The standard InChI is InChI=1S/C11H22O5/c1-7-8(2,6-12)16-11(5,15)10(4,14)9(7,3)13/h7,12-15H,6H2,1-5H3/t7-,8?,9?,10+,11-/m1/s1. The highest BCUT2D eigenvalue weighted by Crippen LogP contribution is 2.49. The van der Waals surface area contributed by atoms with Crippen molar-refractivity contribution in [3.05, 3.63) is 0 Å². The van der Waals surface area contributed by atoms with Gasteiger partial charge in [-0.25, -0.2) is 0 Å². The Morgan fingerprint density at radius 2 is 1.50 bits per heavy atom. The normalized spacial score (nSPS) is 58.7. The molecule has 1 heterocycles. The Labute approximate surface area is 95.7 Å². The van der Waals surface area contributed by atoms with Gasteiger partial charge in [-0.15, -0.1) is 0 Å². The van der Waals surface area contributed by atoms with Crippen LogP contribution in [0.3, 0.4) is 0 Å². The molecule has 0 saturated carbocycles. The molecule has 1 fully saturated rings. The Morgan fingerprint density at radius 1 is 1.06 bits per heavy atom. The van der Waals surface area contributed by atoms with E-state index in [1.807, 2.05) is 0 Å². The summed E-state index contributed by atoms with van der Waals surface area (Å²) >= 11 is 0. The van der Waals surface area contributed by atoms with Gasteiger partial charge in [-0.1, -0.05) is 6.92 Å². The molecule has 0 spiro atoms. The van der Waals surface area contributed by atoms with Crippen LogP contribution < -0.4 is 0 Å². The number of aliphatic hydroxyl groups excluding tert-OH is 1. The molecule has 0 amide bonds. The van der Waals surface area contributed by atoms with Gasteiger partial charge in [0.2, 0.25) is 0 Å². The van der Waals surface area contributed by atoms with Crippen LogP contribution in [-0.4, -0.2) is 49.6 Å². The molecule has 1 saturated heterocycles. The van der Waals surface area contributed by atoms with Gasteiger partial charge in [-0.05, 0) is 27.7 Å². The van der Waals surface area contributed by atoms with Crippen LogP contribution in [0, 0.1) is 5.92 Å². The summed E-state index contributed by atoms with van der Waals surface area (Å²) in [5.41, 5.74) is -4.50. The van der Waals surface area contributed by atoms with Gasteiger partial charge < -0.3 is 25.2 Å². The van der Waals surface area contributed by atoms with E-state index in [0.717, 1.165) is 0 Å². The fraction of sp³-hybridized carbons (Fsp3) is 1.00. The molecule has 0 aromatic rings. The molecule has 0 bridgehead atoms. The first-order valence-electron chi connectivity index (χ1n) is 5.40. The predicted octanol–water partition coefficient (Wildman–Crippen LogP) is -0.386. The zero-order chi connectivity index (χ0) is 13.0. The van der Waals surface area contributed by atoms with Crippen molar-refractivity contribution in [1.29, 1.82) is 0 Å². The van der Waals surface area contributed by atoms with Crippen molar-refractivity contribution in [2.75, 3.05) is 6.61 Å². The van der Waals surface area contributed by atoms with Crippen LogP contribution in [0.25, 0.3) is 0 Å². The SMILES string of the molecule is C[C@@H]1C(C)(CO)O[C@@](C)(O)[C@@](C)(O)C1(C)O. The molecule has 5 atom stereocenters. The van der Waals surface area contributed by atoms with Gasteiger partial charge in [-0.3, -0.25) is 0 Å². The average Bonchev–Trinajstić information content (AvgIpc) is 2.13. The summed E-state index contributed by atoms with van der Waals surface area (Å²) in [5.74, 6) is -2.47. The third-order valence-electron chi connectivity index (χ3n) is 4.39. The Balaban J connectivity index is 3.28. The van der Waals surface area contributed by atoms with Crippen LogP contribution in [0.1, 0.15) is 34.6 Å². The molecule has 0 aromatic heterocycles. The minimum atomic E-state index is -1.93. The molecular formula is C11H22O5. The van der Waals surface area contributed by atoms with Gasteiger partial charge in [0.25, 0.3) is 0 Å². The Bertz CT molecular complexity index is 281. The van der Waals surface area contributed by atoms with Gasteiger partial charge >= 0.3 is 0 Å². The number of hydrogen-bond acceptors (Lipinski definition) is 5. The van der Waals surface area contributed by atoms with Crippen LogP contribution in [0.5, 0.6) is 0 Å². The van der Waals surface area contributed by atoms with Crippen LogP contribution in [0.15, 0.2) is 0 Å². The first-order valence-corrected chi connectivity index (χ1v) is 5.40. The van der Waals surface area contributed by atoms with Gasteiger partial charge in [0.05, 0.1) is 12.2 Å². The highest BCUT2D eigenvalue weighted by Gasteiger charge is 2.66. The summed E-state index contributed by atoms with van der Waals surface area (Å²) in [6, 6.07) is 0. The van der Waals surface area contributed by atoms with E-state index in [9.17, 15) is 20.4 Å². The van der Waals surface area contributed by atoms with E-state index in [-0.39, 0.29) is 6.61 Å². The van der Waals surface area contributed by atoms with Crippen LogP contribution in [0.4, 0.5) is 0 Å². The summed E-state index contributed by atoms with van der Waals surface area (Å²) in [7, 11) is 0. The molecule has 0 radical (unpaired) electrons. The molecule has 0 aliphatic carbocycles. The molecule has 16 heavy (non-hydrogen) atoms. The van der Waals surface area contributed by atoms with Gasteiger partial charge in [0.15, 0.2) is 5.79 Å². The maximum absolute atomic E-state index is 10.4. The molecule has 0 aromatic carbocycles. The minimum Gasteiger partial charge on any atom is -0.393 e. The lowest BCUT2D eigenvalue weighted by molar-refractivity contribution is -0.416. The Hall–Kier alpha value is -0.200. The maximum atomic E-state index is 10.4. The van der Waals surface area contributed by atoms with Crippen LogP contribution >= 0.6 is 0 Å². The summed E-state index contributed by atoms with van der Waals surface area (Å²) < 4.78 is 5.37. The van der Waals surface area contributed by atoms with Gasteiger partial charge in [0.1, 0.15) is 11.2 Å². The minimum absolute atomic E-state index is 0.351. The molecular weight excluding hydrogens is 212 g/mol. The number of aliphatic hydroxyl groups is 4. The number of rotatable bonds is 1. The average molecular weight is 234 g/mol. The Morgan fingerprint density at radius 3 is 1.88 bits per heavy atom. The lowest BCUT2D eigenvalue weighted by Gasteiger charge is -2.60. The predicted molar refractivity (Wildman–Crippen MR) is 57.6 cm³/mol. The molecule has 5 heteroatoms. The third-order valence-corrected chi connectivity index (χ3v) is 4.39. The van der Waals surface area contributed by atoms with Gasteiger partial charge in [-0.2, -0.15) is 0 Å². The van der Waals surface area contributed by atoms with Crippen molar-refractivity contribution in [3.63, 3.8) is 0 Å². The smallest absolute Gasteiger partial charge is 0.195 e. The van der Waals surface area contributed by atoms with Crippen molar-refractivity contribution >= 4 is 0 Å². The van der Waals surface area contributed by atoms with Crippen molar-refractivity contribution in [2.24, 2.45) is 5.92 Å². The highest BCUT2D eigenvalue weighted by atomic mass is 16.7. The Kier molecular flexibility index (Phi) is 2.94. The second-order valence-corrected chi connectivity index (χ2v) is 5.50. The quantitative estimate of drug-likeness (QED) is 0.496. The summed E-state index contributed by atoms with van der Waals surface area (Å²) in [6.07, 6.45) is 0. The third kappa shape index (κ3) is 1.50. The van der Waals surface area contributed by atoms with E-state index in [4.69, 9.17) is 4.74 Å². The fourth-order valence-corrected chi connectivity index (χ4v) is 2.30. The van der Waals surface area contributed by atoms with Crippen LogP contribution in [-0.2, 0) is 4.74 Å². The molecule has 4 N–H and O–H groups in total. The molecule has 1 rings (SSSR count). The summed E-state index contributed by atoms with van der Waals surface area (Å²) in [5, 5.41) is 40.0. The van der Waals surface area contributed by atoms with E-state index in [1.54, 1.807) is 13.8 Å². The number of hydrogen-bond donors (Lipinski definition) is 4. The van der Waals surface area contributed by atoms with Crippen molar-refractivity contribution < 1.29 is 25.2 Å². The van der Waals surface area contributed by atoms with Gasteiger partial charge in [0, 0.05) is 5.92 Å². The van der Waals surface area contributed by atoms with E-state index >= 15 is 0 Å². The van der Waals surface area contributed by atoms with Crippen molar-refractivity contribution in [2.45, 2.75) is 57.2 Å². The maximum Gasteiger partial charge on any atom is 0.195 e. The lowest BCUT2D eigenvalue weighted by atomic mass is 9.64. The zero-order valence-electron chi connectivity index (χ0n) is 10.5. The second kappa shape index (κ2) is 3.40. The fourth-order valence-electron chi connectivity index (χ4n) is 2.30. The van der Waals surface area contributed by atoms with Crippen LogP contribution in [0.2, 0.25) is 0 Å². The lowest BCUT2D eigenvalue weighted by Crippen LogP contribution is -2.76. The van der Waals surface area contributed by atoms with E-state index in [2.05, 4.69) is 0 Å². The summed E-state index contributed by atoms with van der Waals surface area (Å²) in [4.78, 5) is 0. The first kappa shape index (κ1) is 13.9.